The fraction of sp³-hybridized carbons (Fsp3) is 0.667. The summed E-state index contributed by atoms with van der Waals surface area (Å²) >= 11 is 0. The second-order valence-corrected chi connectivity index (χ2v) is 5.25. The number of carboxylic acid groups (broad SMARTS) is 1. The van der Waals surface area contributed by atoms with Crippen molar-refractivity contribution < 1.29 is 19.2 Å². The first-order chi connectivity index (χ1) is 9.40. The first-order valence-electron chi connectivity index (χ1n) is 6.46. The highest BCUT2D eigenvalue weighted by molar-refractivity contribution is 5.76. The second-order valence-electron chi connectivity index (χ2n) is 5.25. The molecule has 0 radical (unpaired) electrons. The molecule has 1 aliphatic heterocycles. The van der Waals surface area contributed by atoms with Gasteiger partial charge < -0.3 is 19.8 Å². The predicted octanol–water partition coefficient (Wildman–Crippen LogP) is 0.774. The zero-order chi connectivity index (χ0) is 14.8. The van der Waals surface area contributed by atoms with E-state index in [0.717, 1.165) is 0 Å². The van der Waals surface area contributed by atoms with Gasteiger partial charge in [0.2, 0.25) is 5.89 Å². The average molecular weight is 282 g/mol. The number of amides is 2. The van der Waals surface area contributed by atoms with Crippen LogP contribution >= 0.6 is 0 Å². The molecule has 2 heterocycles. The number of carbonyl (C=O) groups is 2. The van der Waals surface area contributed by atoms with Crippen molar-refractivity contribution in [3.8, 4) is 0 Å². The molecule has 8 heteroatoms. The molecule has 8 nitrogen and oxygen atoms in total. The number of nitrogens with one attached hydrogen (secondary N) is 1. The molecule has 0 atom stereocenters. The van der Waals surface area contributed by atoms with E-state index in [4.69, 9.17) is 9.63 Å². The molecule has 1 aromatic rings. The number of carboxylic acids is 1. The molecule has 0 spiro atoms. The molecule has 1 fully saturated rings. The van der Waals surface area contributed by atoms with Gasteiger partial charge in [-0.3, -0.25) is 4.79 Å². The summed E-state index contributed by atoms with van der Waals surface area (Å²) in [4.78, 5) is 28.6. The summed E-state index contributed by atoms with van der Waals surface area (Å²) in [5.41, 5.74) is -0.736. The van der Waals surface area contributed by atoms with Crippen molar-refractivity contribution in [3.63, 3.8) is 0 Å². The molecular weight excluding hydrogens is 264 g/mol. The monoisotopic (exact) mass is 282 g/mol. The van der Waals surface area contributed by atoms with E-state index in [9.17, 15) is 9.59 Å². The molecule has 0 aliphatic carbocycles. The molecule has 0 saturated carbocycles. The summed E-state index contributed by atoms with van der Waals surface area (Å²) in [6, 6.07) is -0.242. The van der Waals surface area contributed by atoms with E-state index < -0.39 is 11.4 Å². The van der Waals surface area contributed by atoms with E-state index in [1.54, 1.807) is 18.7 Å². The largest absolute Gasteiger partial charge is 0.481 e. The van der Waals surface area contributed by atoms with Crippen molar-refractivity contribution in [3.05, 3.63) is 11.7 Å². The number of aryl methyl sites for hydroxylation is 1. The lowest BCUT2D eigenvalue weighted by Gasteiger charge is -2.36. The topological polar surface area (TPSA) is 109 Å². The lowest BCUT2D eigenvalue weighted by atomic mass is 9.80. The first-order valence-corrected chi connectivity index (χ1v) is 6.46. The van der Waals surface area contributed by atoms with E-state index in [-0.39, 0.29) is 12.6 Å². The summed E-state index contributed by atoms with van der Waals surface area (Å²) in [7, 11) is 0. The summed E-state index contributed by atoms with van der Waals surface area (Å²) in [6.45, 7) is 4.44. The Balaban J connectivity index is 1.81. The fourth-order valence-corrected chi connectivity index (χ4v) is 2.09. The Kier molecular flexibility index (Phi) is 3.91. The summed E-state index contributed by atoms with van der Waals surface area (Å²) in [5, 5.41) is 15.4. The van der Waals surface area contributed by atoms with Gasteiger partial charge in [-0.05, 0) is 26.7 Å². The third-order valence-corrected chi connectivity index (χ3v) is 3.63. The number of urea groups is 1. The number of piperidine rings is 1. The number of hydrogen-bond donors (Lipinski definition) is 2. The highest BCUT2D eigenvalue weighted by Crippen LogP contribution is 2.30. The molecular formula is C12H18N4O4. The van der Waals surface area contributed by atoms with Gasteiger partial charge in [-0.15, -0.1) is 0 Å². The zero-order valence-corrected chi connectivity index (χ0v) is 11.5. The third-order valence-electron chi connectivity index (χ3n) is 3.63. The number of aliphatic carboxylic acids is 1. The van der Waals surface area contributed by atoms with Crippen molar-refractivity contribution in [2.45, 2.75) is 33.2 Å². The maximum atomic E-state index is 11.9. The smallest absolute Gasteiger partial charge is 0.317 e. The molecule has 20 heavy (non-hydrogen) atoms. The molecule has 110 valence electrons. The average Bonchev–Trinajstić information content (AvgIpc) is 2.82. The van der Waals surface area contributed by atoms with Crippen LogP contribution in [0.3, 0.4) is 0 Å². The molecule has 0 aromatic carbocycles. The molecule has 2 rings (SSSR count). The Morgan fingerprint density at radius 3 is 2.60 bits per heavy atom. The Morgan fingerprint density at radius 1 is 1.45 bits per heavy atom. The van der Waals surface area contributed by atoms with Crippen LogP contribution in [0.15, 0.2) is 4.52 Å². The standard InChI is InChI=1S/C12H18N4O4/c1-8-14-9(20-15-8)7-13-11(19)16-5-3-12(2,4-6-16)10(17)18/h3-7H2,1-2H3,(H,13,19)(H,17,18). The minimum atomic E-state index is -0.807. The lowest BCUT2D eigenvalue weighted by molar-refractivity contribution is -0.150. The lowest BCUT2D eigenvalue weighted by Crippen LogP contribution is -2.48. The van der Waals surface area contributed by atoms with Crippen LogP contribution in [0.1, 0.15) is 31.5 Å². The van der Waals surface area contributed by atoms with Crippen molar-refractivity contribution in [1.29, 1.82) is 0 Å². The minimum absolute atomic E-state index is 0.173. The summed E-state index contributed by atoms with van der Waals surface area (Å²) in [5.74, 6) is 0.0616. The van der Waals surface area contributed by atoms with Gasteiger partial charge in [-0.2, -0.15) is 4.98 Å². The van der Waals surface area contributed by atoms with Gasteiger partial charge in [-0.1, -0.05) is 5.16 Å². The van der Waals surface area contributed by atoms with Gasteiger partial charge in [-0.25, -0.2) is 4.79 Å². The van der Waals surface area contributed by atoms with Crippen LogP contribution in [-0.4, -0.2) is 45.2 Å². The normalized spacial score (nSPS) is 17.8. The van der Waals surface area contributed by atoms with Gasteiger partial charge in [0.25, 0.3) is 0 Å². The number of nitrogens with zero attached hydrogens (tertiary/aromatic N) is 3. The van der Waals surface area contributed by atoms with E-state index in [0.29, 0.717) is 37.6 Å². The van der Waals surface area contributed by atoms with Gasteiger partial charge >= 0.3 is 12.0 Å². The molecule has 2 amide bonds. The zero-order valence-electron chi connectivity index (χ0n) is 11.5. The Hall–Kier alpha value is -2.12. The van der Waals surface area contributed by atoms with Crippen LogP contribution in [0.2, 0.25) is 0 Å². The van der Waals surface area contributed by atoms with E-state index >= 15 is 0 Å². The van der Waals surface area contributed by atoms with Crippen LogP contribution < -0.4 is 5.32 Å². The number of rotatable bonds is 3. The van der Waals surface area contributed by atoms with Crippen molar-refractivity contribution in [1.82, 2.24) is 20.4 Å². The predicted molar refractivity (Wildman–Crippen MR) is 67.8 cm³/mol. The molecule has 1 aromatic heterocycles. The van der Waals surface area contributed by atoms with Gasteiger partial charge in [0.15, 0.2) is 5.82 Å². The van der Waals surface area contributed by atoms with Crippen LogP contribution in [0.5, 0.6) is 0 Å². The number of likely N-dealkylation sites (tertiary alicyclic amines) is 1. The maximum absolute atomic E-state index is 11.9. The fourth-order valence-electron chi connectivity index (χ4n) is 2.09. The van der Waals surface area contributed by atoms with Crippen LogP contribution in [0, 0.1) is 12.3 Å². The molecule has 1 aliphatic rings. The minimum Gasteiger partial charge on any atom is -0.481 e. The number of carbonyl (C=O) groups excluding carboxylic acids is 1. The highest BCUT2D eigenvalue weighted by Gasteiger charge is 2.37. The Labute approximate surface area is 116 Å². The van der Waals surface area contributed by atoms with Gasteiger partial charge in [0.05, 0.1) is 12.0 Å². The molecule has 1 saturated heterocycles. The molecule has 2 N–H and O–H groups in total. The van der Waals surface area contributed by atoms with Crippen LogP contribution in [0.4, 0.5) is 4.79 Å². The van der Waals surface area contributed by atoms with E-state index in [1.165, 1.54) is 0 Å². The SMILES string of the molecule is Cc1noc(CNC(=O)N2CCC(C)(C(=O)O)CC2)n1. The number of hydrogen-bond acceptors (Lipinski definition) is 5. The quantitative estimate of drug-likeness (QED) is 0.847. The Morgan fingerprint density at radius 2 is 2.10 bits per heavy atom. The Bertz CT molecular complexity index is 505. The van der Waals surface area contributed by atoms with Gasteiger partial charge in [0.1, 0.15) is 0 Å². The molecule has 0 unspecified atom stereocenters. The van der Waals surface area contributed by atoms with Crippen molar-refractivity contribution in [2.75, 3.05) is 13.1 Å². The van der Waals surface area contributed by atoms with Crippen molar-refractivity contribution in [2.24, 2.45) is 5.41 Å². The summed E-state index contributed by atoms with van der Waals surface area (Å²) < 4.78 is 4.89. The van der Waals surface area contributed by atoms with Crippen molar-refractivity contribution >= 4 is 12.0 Å². The third kappa shape index (κ3) is 3.06. The number of aromatic nitrogens is 2. The maximum Gasteiger partial charge on any atom is 0.317 e. The van der Waals surface area contributed by atoms with E-state index in [2.05, 4.69) is 15.5 Å². The van der Waals surface area contributed by atoms with E-state index in [1.807, 2.05) is 0 Å². The van der Waals surface area contributed by atoms with Gasteiger partial charge in [0, 0.05) is 13.1 Å². The van der Waals surface area contributed by atoms with Crippen LogP contribution in [-0.2, 0) is 11.3 Å². The second kappa shape index (κ2) is 5.48. The first kappa shape index (κ1) is 14.3. The summed E-state index contributed by atoms with van der Waals surface area (Å²) in [6.07, 6.45) is 0.908. The highest BCUT2D eigenvalue weighted by atomic mass is 16.5. The van der Waals surface area contributed by atoms with Crippen LogP contribution in [0.25, 0.3) is 0 Å². The molecule has 0 bridgehead atoms.